The van der Waals surface area contributed by atoms with E-state index in [0.717, 1.165) is 0 Å². The molecule has 15 heavy (non-hydrogen) atoms. The fraction of sp³-hybridized carbons (Fsp3) is 0.778. The third-order valence-corrected chi connectivity index (χ3v) is 2.28. The monoisotopic (exact) mass is 300 g/mol. The maximum atomic E-state index is 11.2. The Labute approximate surface area is 102 Å². The maximum absolute atomic E-state index is 11.2. The Balaban J connectivity index is 3.98. The van der Waals surface area contributed by atoms with Gasteiger partial charge in [0.2, 0.25) is 0 Å². The molecular formula is C9H14BrClO4. The van der Waals surface area contributed by atoms with E-state index in [4.69, 9.17) is 21.1 Å². The number of ether oxygens (including phenoxy) is 2. The second-order valence-corrected chi connectivity index (χ2v) is 4.06. The van der Waals surface area contributed by atoms with E-state index in [9.17, 15) is 9.59 Å². The summed E-state index contributed by atoms with van der Waals surface area (Å²) in [7, 11) is 0. The fourth-order valence-corrected chi connectivity index (χ4v) is 1.27. The van der Waals surface area contributed by atoms with E-state index in [-0.39, 0.29) is 18.4 Å². The summed E-state index contributed by atoms with van der Waals surface area (Å²) < 4.78 is 9.80. The fourth-order valence-electron chi connectivity index (χ4n) is 0.842. The molecule has 0 aliphatic rings. The molecule has 1 unspecified atom stereocenters. The first kappa shape index (κ1) is 14.7. The number of alkyl halides is 2. The predicted molar refractivity (Wildman–Crippen MR) is 60.2 cm³/mol. The molecule has 0 aromatic heterocycles. The number of esters is 2. The van der Waals surface area contributed by atoms with Crippen LogP contribution >= 0.6 is 27.5 Å². The van der Waals surface area contributed by atoms with Crippen molar-refractivity contribution in [2.75, 3.05) is 11.2 Å². The third-order valence-electron chi connectivity index (χ3n) is 1.34. The van der Waals surface area contributed by atoms with Crippen LogP contribution in [0.25, 0.3) is 0 Å². The second-order valence-electron chi connectivity index (χ2n) is 3.14. The Morgan fingerprint density at radius 2 is 1.87 bits per heavy atom. The summed E-state index contributed by atoms with van der Waals surface area (Å²) in [5, 5.41) is 0.378. The predicted octanol–water partition coefficient (Wildman–Crippen LogP) is 1.87. The van der Waals surface area contributed by atoms with E-state index >= 15 is 0 Å². The van der Waals surface area contributed by atoms with Crippen LogP contribution < -0.4 is 0 Å². The minimum absolute atomic E-state index is 0.0338. The lowest BCUT2D eigenvalue weighted by molar-refractivity contribution is -0.154. The van der Waals surface area contributed by atoms with Gasteiger partial charge in [0, 0.05) is 5.33 Å². The molecule has 0 amide bonds. The molecule has 88 valence electrons. The third kappa shape index (κ3) is 7.62. The van der Waals surface area contributed by atoms with Crippen molar-refractivity contribution in [1.82, 2.24) is 0 Å². The zero-order valence-electron chi connectivity index (χ0n) is 8.66. The van der Waals surface area contributed by atoms with Crippen LogP contribution in [0, 0.1) is 0 Å². The summed E-state index contributed by atoms with van der Waals surface area (Å²) in [5.41, 5.74) is 0. The molecule has 0 aromatic rings. The van der Waals surface area contributed by atoms with Gasteiger partial charge in [0.1, 0.15) is 12.0 Å². The average Bonchev–Trinajstić information content (AvgIpc) is 2.15. The lowest BCUT2D eigenvalue weighted by Crippen LogP contribution is -2.25. The van der Waals surface area contributed by atoms with Gasteiger partial charge in [-0.2, -0.15) is 0 Å². The number of carbonyl (C=O) groups excluding carboxylic acids is 2. The van der Waals surface area contributed by atoms with Crippen LogP contribution in [0.4, 0.5) is 0 Å². The van der Waals surface area contributed by atoms with Gasteiger partial charge in [-0.3, -0.25) is 9.59 Å². The van der Waals surface area contributed by atoms with Crippen molar-refractivity contribution in [3.63, 3.8) is 0 Å². The zero-order chi connectivity index (χ0) is 11.8. The van der Waals surface area contributed by atoms with E-state index in [1.807, 2.05) is 0 Å². The first-order valence-corrected chi connectivity index (χ1v) is 6.16. The first-order valence-electron chi connectivity index (χ1n) is 4.50. The van der Waals surface area contributed by atoms with E-state index < -0.39 is 18.0 Å². The molecule has 0 spiro atoms. The maximum Gasteiger partial charge on any atom is 0.321 e. The molecule has 0 radical (unpaired) electrons. The van der Waals surface area contributed by atoms with E-state index in [1.54, 1.807) is 13.8 Å². The van der Waals surface area contributed by atoms with Crippen LogP contribution in [0.15, 0.2) is 0 Å². The Morgan fingerprint density at radius 3 is 2.27 bits per heavy atom. The summed E-state index contributed by atoms with van der Waals surface area (Å²) in [4.78, 5) is 22.1. The molecule has 0 saturated carbocycles. The van der Waals surface area contributed by atoms with Crippen molar-refractivity contribution < 1.29 is 19.1 Å². The van der Waals surface area contributed by atoms with Crippen molar-refractivity contribution in [1.29, 1.82) is 0 Å². The summed E-state index contributed by atoms with van der Waals surface area (Å²) in [5.74, 6) is -1.15. The van der Waals surface area contributed by atoms with Crippen molar-refractivity contribution >= 4 is 39.5 Å². The van der Waals surface area contributed by atoms with Gasteiger partial charge in [0.15, 0.2) is 0 Å². The number of rotatable bonds is 6. The molecule has 0 N–H and O–H groups in total. The Hall–Kier alpha value is -0.290. The lowest BCUT2D eigenvalue weighted by Gasteiger charge is -2.15. The van der Waals surface area contributed by atoms with Gasteiger partial charge in [-0.1, -0.05) is 15.9 Å². The molecular weight excluding hydrogens is 287 g/mol. The largest absolute Gasteiger partial charge is 0.463 e. The van der Waals surface area contributed by atoms with Gasteiger partial charge < -0.3 is 9.47 Å². The molecule has 1 atom stereocenters. The highest BCUT2D eigenvalue weighted by atomic mass is 79.9. The van der Waals surface area contributed by atoms with Crippen LogP contribution in [0.5, 0.6) is 0 Å². The Bertz CT molecular complexity index is 220. The van der Waals surface area contributed by atoms with Gasteiger partial charge in [-0.25, -0.2) is 0 Å². The summed E-state index contributed by atoms with van der Waals surface area (Å²) in [6.07, 6.45) is -0.661. The van der Waals surface area contributed by atoms with Crippen LogP contribution in [0.2, 0.25) is 0 Å². The Morgan fingerprint density at radius 1 is 1.27 bits per heavy atom. The molecule has 6 heteroatoms. The molecule has 0 aromatic carbocycles. The molecule has 0 fully saturated rings. The summed E-state index contributed by atoms with van der Waals surface area (Å²) in [6.45, 7) is 3.51. The topological polar surface area (TPSA) is 52.6 Å². The molecule has 0 heterocycles. The molecule has 0 aliphatic heterocycles. The summed E-state index contributed by atoms with van der Waals surface area (Å²) in [6, 6.07) is 0. The highest BCUT2D eigenvalue weighted by Gasteiger charge is 2.18. The van der Waals surface area contributed by atoms with Crippen LogP contribution in [0.1, 0.15) is 20.3 Å². The minimum atomic E-state index is -0.543. The van der Waals surface area contributed by atoms with Gasteiger partial charge in [-0.15, -0.1) is 11.6 Å². The molecule has 0 saturated heterocycles. The highest BCUT2D eigenvalue weighted by molar-refractivity contribution is 9.09. The smallest absolute Gasteiger partial charge is 0.321 e. The zero-order valence-corrected chi connectivity index (χ0v) is 11.0. The molecule has 4 nitrogen and oxygen atoms in total. The lowest BCUT2D eigenvalue weighted by atomic mass is 10.3. The second kappa shape index (κ2) is 7.93. The van der Waals surface area contributed by atoms with Crippen molar-refractivity contribution in [2.24, 2.45) is 0 Å². The van der Waals surface area contributed by atoms with Crippen molar-refractivity contribution in [3.8, 4) is 0 Å². The minimum Gasteiger partial charge on any atom is -0.463 e. The molecule has 0 bridgehead atoms. The SMILES string of the molecule is CC(C)OC(=O)CC(CBr)OC(=O)CCl. The average molecular weight is 302 g/mol. The summed E-state index contributed by atoms with van der Waals surface area (Å²) >= 11 is 8.41. The van der Waals surface area contributed by atoms with Gasteiger partial charge >= 0.3 is 11.9 Å². The Kier molecular flexibility index (Phi) is 7.78. The molecule has 0 aliphatic carbocycles. The van der Waals surface area contributed by atoms with Gasteiger partial charge in [-0.05, 0) is 13.8 Å². The number of halogens is 2. The van der Waals surface area contributed by atoms with Crippen LogP contribution in [0.3, 0.4) is 0 Å². The number of hydrogen-bond donors (Lipinski definition) is 0. The highest BCUT2D eigenvalue weighted by Crippen LogP contribution is 2.06. The number of carbonyl (C=O) groups is 2. The van der Waals surface area contributed by atoms with Gasteiger partial charge in [0.25, 0.3) is 0 Å². The quantitative estimate of drug-likeness (QED) is 0.555. The van der Waals surface area contributed by atoms with Gasteiger partial charge in [0.05, 0.1) is 12.5 Å². The van der Waals surface area contributed by atoms with Crippen LogP contribution in [-0.2, 0) is 19.1 Å². The normalized spacial score (nSPS) is 12.3. The van der Waals surface area contributed by atoms with E-state index in [2.05, 4.69) is 15.9 Å². The van der Waals surface area contributed by atoms with Crippen molar-refractivity contribution in [3.05, 3.63) is 0 Å². The van der Waals surface area contributed by atoms with Crippen molar-refractivity contribution in [2.45, 2.75) is 32.5 Å². The standard InChI is InChI=1S/C9H14BrClO4/c1-6(2)14-8(12)3-7(4-10)15-9(13)5-11/h6-7H,3-5H2,1-2H3. The van der Waals surface area contributed by atoms with E-state index in [0.29, 0.717) is 5.33 Å². The van der Waals surface area contributed by atoms with Crippen LogP contribution in [-0.4, -0.2) is 35.4 Å². The number of hydrogen-bond acceptors (Lipinski definition) is 4. The van der Waals surface area contributed by atoms with E-state index in [1.165, 1.54) is 0 Å². The first-order chi connectivity index (χ1) is 6.99. The molecule has 0 rings (SSSR count).